The Hall–Kier alpha value is -2.55. The van der Waals surface area contributed by atoms with Gasteiger partial charge in [0.05, 0.1) is 6.54 Å². The van der Waals surface area contributed by atoms with Gasteiger partial charge in [0.1, 0.15) is 17.4 Å². The van der Waals surface area contributed by atoms with E-state index >= 15 is 0 Å². The summed E-state index contributed by atoms with van der Waals surface area (Å²) in [6.07, 6.45) is 0. The summed E-state index contributed by atoms with van der Waals surface area (Å²) in [7, 11) is 0. The summed E-state index contributed by atoms with van der Waals surface area (Å²) in [6.45, 7) is 2.93. The molecule has 1 aliphatic rings. The minimum atomic E-state index is -0.321. The molecular formula is C20H21ClF2N4O2. The Kier molecular flexibility index (Phi) is 7.13. The third kappa shape index (κ3) is 5.50. The Bertz CT molecular complexity index is 923. The van der Waals surface area contributed by atoms with Crippen LogP contribution >= 0.6 is 12.4 Å². The zero-order chi connectivity index (χ0) is 19.3. The number of halogens is 3. The summed E-state index contributed by atoms with van der Waals surface area (Å²) in [4.78, 5) is 6.55. The Morgan fingerprint density at radius 2 is 1.97 bits per heavy atom. The van der Waals surface area contributed by atoms with Crippen LogP contribution in [0.1, 0.15) is 23.3 Å². The topological polar surface area (TPSA) is 63.4 Å². The molecule has 2 aromatic carbocycles. The quantitative estimate of drug-likeness (QED) is 0.656. The average molecular weight is 423 g/mol. The summed E-state index contributed by atoms with van der Waals surface area (Å²) in [5.74, 6) is 0.845. The number of hydrogen-bond donors (Lipinski definition) is 1. The van der Waals surface area contributed by atoms with Gasteiger partial charge in [0.2, 0.25) is 11.7 Å². The predicted octanol–water partition coefficient (Wildman–Crippen LogP) is 3.50. The van der Waals surface area contributed by atoms with Gasteiger partial charge in [-0.05, 0) is 42.0 Å². The summed E-state index contributed by atoms with van der Waals surface area (Å²) in [5.41, 5.74) is 0.909. The lowest BCUT2D eigenvalue weighted by atomic mass is 10.0. The van der Waals surface area contributed by atoms with E-state index in [1.54, 1.807) is 24.3 Å². The van der Waals surface area contributed by atoms with Crippen molar-refractivity contribution in [3.8, 4) is 5.75 Å². The molecule has 29 heavy (non-hydrogen) atoms. The van der Waals surface area contributed by atoms with Crippen molar-refractivity contribution in [2.24, 2.45) is 0 Å². The molecule has 0 spiro atoms. The lowest BCUT2D eigenvalue weighted by Gasteiger charge is -2.35. The first-order valence-corrected chi connectivity index (χ1v) is 9.07. The van der Waals surface area contributed by atoms with Gasteiger partial charge in [0, 0.05) is 25.7 Å². The van der Waals surface area contributed by atoms with Gasteiger partial charge in [-0.15, -0.1) is 12.4 Å². The third-order valence-electron chi connectivity index (χ3n) is 4.62. The van der Waals surface area contributed by atoms with Gasteiger partial charge in [-0.1, -0.05) is 17.3 Å². The molecule has 6 nitrogen and oxygen atoms in total. The second-order valence-corrected chi connectivity index (χ2v) is 6.59. The van der Waals surface area contributed by atoms with Gasteiger partial charge in [-0.3, -0.25) is 4.90 Å². The lowest BCUT2D eigenvalue weighted by molar-refractivity contribution is 0.135. The zero-order valence-electron chi connectivity index (χ0n) is 15.6. The third-order valence-corrected chi connectivity index (χ3v) is 4.62. The molecule has 1 atom stereocenters. The first-order chi connectivity index (χ1) is 13.7. The van der Waals surface area contributed by atoms with Crippen molar-refractivity contribution in [2.75, 3.05) is 19.6 Å². The highest BCUT2D eigenvalue weighted by Gasteiger charge is 2.26. The van der Waals surface area contributed by atoms with Crippen LogP contribution in [0, 0.1) is 11.6 Å². The highest BCUT2D eigenvalue weighted by Crippen LogP contribution is 2.24. The fourth-order valence-electron chi connectivity index (χ4n) is 3.24. The van der Waals surface area contributed by atoms with Gasteiger partial charge >= 0.3 is 0 Å². The number of rotatable bonds is 6. The number of nitrogens with one attached hydrogen (secondary N) is 1. The van der Waals surface area contributed by atoms with Crippen LogP contribution in [0.3, 0.4) is 0 Å². The first kappa shape index (κ1) is 21.2. The highest BCUT2D eigenvalue weighted by atomic mass is 35.5. The smallest absolute Gasteiger partial charge is 0.240 e. The standard InChI is InChI=1S/C20H20F2N4O2.ClH/c21-15-4-6-17(7-5-15)27-13-19-24-20(28-25-19)12-26-9-8-23-11-18(26)14-2-1-3-16(22)10-14;/h1-7,10,18,23H,8-9,11-13H2;1H. The molecule has 1 N–H and O–H groups in total. The van der Waals surface area contributed by atoms with Crippen LogP contribution in [-0.2, 0) is 13.2 Å². The normalized spacial score (nSPS) is 17.0. The molecule has 1 saturated heterocycles. The van der Waals surface area contributed by atoms with Crippen LogP contribution in [0.15, 0.2) is 53.1 Å². The van der Waals surface area contributed by atoms with Crippen molar-refractivity contribution in [1.29, 1.82) is 0 Å². The molecule has 1 fully saturated rings. The number of hydrogen-bond acceptors (Lipinski definition) is 6. The number of benzene rings is 2. The second kappa shape index (κ2) is 9.78. The average Bonchev–Trinajstić information content (AvgIpc) is 3.15. The van der Waals surface area contributed by atoms with E-state index in [1.807, 2.05) is 6.07 Å². The summed E-state index contributed by atoms with van der Waals surface area (Å²) < 4.78 is 37.4. The maximum atomic E-state index is 13.6. The number of piperazine rings is 1. The molecule has 0 aliphatic carbocycles. The van der Waals surface area contributed by atoms with E-state index in [1.165, 1.54) is 18.2 Å². The van der Waals surface area contributed by atoms with Crippen molar-refractivity contribution in [2.45, 2.75) is 19.2 Å². The van der Waals surface area contributed by atoms with Gasteiger partial charge in [-0.25, -0.2) is 8.78 Å². The highest BCUT2D eigenvalue weighted by molar-refractivity contribution is 5.85. The van der Waals surface area contributed by atoms with Crippen LogP contribution in [-0.4, -0.2) is 34.7 Å². The van der Waals surface area contributed by atoms with E-state index in [0.717, 1.165) is 25.2 Å². The van der Waals surface area contributed by atoms with E-state index in [4.69, 9.17) is 9.26 Å². The minimum absolute atomic E-state index is 0. The molecule has 1 unspecified atom stereocenters. The van der Waals surface area contributed by atoms with Crippen LogP contribution < -0.4 is 10.1 Å². The maximum absolute atomic E-state index is 13.6. The van der Waals surface area contributed by atoms with Crippen LogP contribution in [0.25, 0.3) is 0 Å². The second-order valence-electron chi connectivity index (χ2n) is 6.59. The van der Waals surface area contributed by atoms with Crippen LogP contribution in [0.2, 0.25) is 0 Å². The van der Waals surface area contributed by atoms with Gasteiger partial charge in [0.25, 0.3) is 0 Å². The van der Waals surface area contributed by atoms with E-state index in [-0.39, 0.29) is 36.7 Å². The summed E-state index contributed by atoms with van der Waals surface area (Å²) in [6, 6.07) is 12.4. The number of aromatic nitrogens is 2. The van der Waals surface area contributed by atoms with Gasteiger partial charge in [0.15, 0.2) is 6.61 Å². The minimum Gasteiger partial charge on any atom is -0.485 e. The number of nitrogens with zero attached hydrogens (tertiary/aromatic N) is 3. The summed E-state index contributed by atoms with van der Waals surface area (Å²) >= 11 is 0. The first-order valence-electron chi connectivity index (χ1n) is 9.07. The monoisotopic (exact) mass is 422 g/mol. The molecular weight excluding hydrogens is 402 g/mol. The molecule has 9 heteroatoms. The molecule has 1 aromatic heterocycles. The largest absolute Gasteiger partial charge is 0.485 e. The number of ether oxygens (including phenoxy) is 1. The summed E-state index contributed by atoms with van der Waals surface area (Å²) in [5, 5.41) is 7.28. The molecule has 3 aromatic rings. The lowest BCUT2D eigenvalue weighted by Crippen LogP contribution is -2.45. The Morgan fingerprint density at radius 3 is 2.76 bits per heavy atom. The molecule has 154 valence electrons. The molecule has 2 heterocycles. The Labute approximate surface area is 173 Å². The van der Waals surface area contributed by atoms with E-state index in [9.17, 15) is 8.78 Å². The molecule has 0 saturated carbocycles. The molecule has 4 rings (SSSR count). The van der Waals surface area contributed by atoms with Crippen LogP contribution in [0.4, 0.5) is 8.78 Å². The van der Waals surface area contributed by atoms with E-state index < -0.39 is 0 Å². The molecule has 0 bridgehead atoms. The molecule has 0 radical (unpaired) electrons. The van der Waals surface area contributed by atoms with Crippen molar-refractivity contribution in [3.63, 3.8) is 0 Å². The molecule has 1 aliphatic heterocycles. The van der Waals surface area contributed by atoms with Crippen molar-refractivity contribution >= 4 is 12.4 Å². The van der Waals surface area contributed by atoms with Crippen molar-refractivity contribution in [1.82, 2.24) is 20.4 Å². The molecule has 0 amide bonds. The van der Waals surface area contributed by atoms with Crippen LogP contribution in [0.5, 0.6) is 5.75 Å². The Morgan fingerprint density at radius 1 is 1.14 bits per heavy atom. The van der Waals surface area contributed by atoms with E-state index in [0.29, 0.717) is 24.0 Å². The van der Waals surface area contributed by atoms with Crippen molar-refractivity contribution in [3.05, 3.63) is 77.4 Å². The van der Waals surface area contributed by atoms with Crippen molar-refractivity contribution < 1.29 is 18.0 Å². The fourth-order valence-corrected chi connectivity index (χ4v) is 3.24. The zero-order valence-corrected chi connectivity index (χ0v) is 16.4. The van der Waals surface area contributed by atoms with Gasteiger partial charge < -0.3 is 14.6 Å². The predicted molar refractivity (Wildman–Crippen MR) is 105 cm³/mol. The van der Waals surface area contributed by atoms with E-state index in [2.05, 4.69) is 20.4 Å². The maximum Gasteiger partial charge on any atom is 0.240 e. The fraction of sp³-hybridized carbons (Fsp3) is 0.300. The Balaban J connectivity index is 0.00000240. The van der Waals surface area contributed by atoms with Gasteiger partial charge in [-0.2, -0.15) is 4.98 Å². The SMILES string of the molecule is Cl.Fc1ccc(OCc2noc(CN3CCNCC3c3cccc(F)c3)n2)cc1.